The summed E-state index contributed by atoms with van der Waals surface area (Å²) in [6, 6.07) is 6.13. The molecule has 2 aliphatic carbocycles. The van der Waals surface area contributed by atoms with Gasteiger partial charge in [0.15, 0.2) is 5.65 Å². The van der Waals surface area contributed by atoms with Gasteiger partial charge in [0.05, 0.1) is 11.2 Å². The minimum absolute atomic E-state index is 0.0719. The highest BCUT2D eigenvalue weighted by Gasteiger charge is 2.32. The summed E-state index contributed by atoms with van der Waals surface area (Å²) in [7, 11) is 0. The van der Waals surface area contributed by atoms with Crippen LogP contribution in [0.25, 0.3) is 11.0 Å². The molecule has 2 saturated carbocycles. The third-order valence-corrected chi connectivity index (χ3v) is 5.88. The molecule has 2 aromatic heterocycles. The van der Waals surface area contributed by atoms with E-state index >= 15 is 0 Å². The van der Waals surface area contributed by atoms with Crippen molar-refractivity contribution in [1.29, 1.82) is 0 Å². The van der Waals surface area contributed by atoms with Crippen LogP contribution in [0.5, 0.6) is 0 Å². The van der Waals surface area contributed by atoms with Crippen LogP contribution >= 0.6 is 0 Å². The largest absolute Gasteiger partial charge is 0.390 e. The summed E-state index contributed by atoms with van der Waals surface area (Å²) < 4.78 is 0. The van der Waals surface area contributed by atoms with Crippen LogP contribution in [0, 0.1) is 5.92 Å². The van der Waals surface area contributed by atoms with Crippen molar-refractivity contribution in [2.45, 2.75) is 69.9 Å². The van der Waals surface area contributed by atoms with Gasteiger partial charge in [-0.2, -0.15) is 0 Å². The Hall–Kier alpha value is -2.01. The van der Waals surface area contributed by atoms with E-state index in [9.17, 15) is 9.90 Å². The van der Waals surface area contributed by atoms with Gasteiger partial charge in [0.1, 0.15) is 0 Å². The molecule has 0 bridgehead atoms. The second kappa shape index (κ2) is 6.62. The molecule has 2 aliphatic rings. The van der Waals surface area contributed by atoms with E-state index in [4.69, 9.17) is 0 Å². The number of nitrogens with one attached hydrogen (secondary N) is 1. The van der Waals surface area contributed by atoms with E-state index in [2.05, 4.69) is 21.4 Å². The second-order valence-corrected chi connectivity index (χ2v) is 8.46. The number of carbonyl (C=O) groups excluding carboxylic acids is 1. The number of hydrogen-bond donors (Lipinski definition) is 2. The molecular weight excluding hydrogens is 326 g/mol. The average Bonchev–Trinajstić information content (AvgIpc) is 3.45. The first-order valence-corrected chi connectivity index (χ1v) is 9.70. The Bertz CT molecular complexity index is 816. The lowest BCUT2D eigenvalue weighted by molar-refractivity contribution is -0.00257. The normalized spacial score (nSPS) is 23.8. The fourth-order valence-corrected chi connectivity index (χ4v) is 3.97. The molecule has 0 spiro atoms. The minimum atomic E-state index is -0.635. The Morgan fingerprint density at radius 3 is 2.54 bits per heavy atom. The maximum Gasteiger partial charge on any atom is 0.253 e. The first kappa shape index (κ1) is 17.4. The van der Waals surface area contributed by atoms with E-state index in [1.807, 2.05) is 26.0 Å². The maximum atomic E-state index is 12.6. The highest BCUT2D eigenvalue weighted by molar-refractivity contribution is 5.97. The standard InChI is InChI=1S/C21H27N3O2/c1-21(2,26)16-6-8-17(9-7-16)23-20(25)15-11-14-5-10-18(13-3-4-13)24-19(14)22-12-15/h5,10-13,16-17,26H,3-4,6-9H2,1-2H3,(H,23,25)/t16-,17-. The highest BCUT2D eigenvalue weighted by Crippen LogP contribution is 2.39. The molecule has 2 aromatic rings. The van der Waals surface area contributed by atoms with Gasteiger partial charge in [0.25, 0.3) is 5.91 Å². The number of pyridine rings is 2. The SMILES string of the molecule is CC(C)(O)[C@H]1CC[C@H](NC(=O)c2cnc3nc(C4CC4)ccc3c2)CC1. The number of amides is 1. The van der Waals surface area contributed by atoms with E-state index in [0.717, 1.165) is 42.4 Å². The van der Waals surface area contributed by atoms with Crippen LogP contribution in [0.4, 0.5) is 0 Å². The number of hydrogen-bond acceptors (Lipinski definition) is 4. The lowest BCUT2D eigenvalue weighted by Gasteiger charge is -2.36. The number of aliphatic hydroxyl groups is 1. The van der Waals surface area contributed by atoms with E-state index in [-0.39, 0.29) is 11.9 Å². The van der Waals surface area contributed by atoms with Gasteiger partial charge in [-0.05, 0) is 76.5 Å². The number of fused-ring (bicyclic) bond motifs is 1. The lowest BCUT2D eigenvalue weighted by Crippen LogP contribution is -2.41. The summed E-state index contributed by atoms with van der Waals surface area (Å²) in [5, 5.41) is 14.2. The molecular formula is C21H27N3O2. The molecule has 0 unspecified atom stereocenters. The van der Waals surface area contributed by atoms with Gasteiger partial charge in [0, 0.05) is 29.2 Å². The van der Waals surface area contributed by atoms with Crippen molar-refractivity contribution in [3.05, 3.63) is 35.7 Å². The predicted octanol–water partition coefficient (Wildman–Crippen LogP) is 3.57. The van der Waals surface area contributed by atoms with Gasteiger partial charge in [-0.15, -0.1) is 0 Å². The number of rotatable bonds is 4. The second-order valence-electron chi connectivity index (χ2n) is 8.46. The molecule has 138 valence electrons. The number of nitrogens with zero attached hydrogens (tertiary/aromatic N) is 2. The first-order valence-electron chi connectivity index (χ1n) is 9.70. The Kier molecular flexibility index (Phi) is 4.43. The average molecular weight is 353 g/mol. The predicted molar refractivity (Wildman–Crippen MR) is 101 cm³/mol. The molecule has 0 atom stereocenters. The molecule has 2 N–H and O–H groups in total. The van der Waals surface area contributed by atoms with Crippen LogP contribution in [0.1, 0.15) is 74.3 Å². The zero-order valence-electron chi connectivity index (χ0n) is 15.5. The fraction of sp³-hybridized carbons (Fsp3) is 0.571. The molecule has 5 heteroatoms. The topological polar surface area (TPSA) is 75.1 Å². The van der Waals surface area contributed by atoms with E-state index in [1.165, 1.54) is 12.8 Å². The van der Waals surface area contributed by atoms with Crippen molar-refractivity contribution in [1.82, 2.24) is 15.3 Å². The fourth-order valence-electron chi connectivity index (χ4n) is 3.97. The van der Waals surface area contributed by atoms with Gasteiger partial charge < -0.3 is 10.4 Å². The van der Waals surface area contributed by atoms with E-state index < -0.39 is 5.60 Å². The van der Waals surface area contributed by atoms with Crippen molar-refractivity contribution in [3.63, 3.8) is 0 Å². The van der Waals surface area contributed by atoms with Gasteiger partial charge in [0.2, 0.25) is 0 Å². The number of carbonyl (C=O) groups is 1. The Balaban J connectivity index is 1.41. The van der Waals surface area contributed by atoms with Crippen LogP contribution in [-0.2, 0) is 0 Å². The van der Waals surface area contributed by atoms with Crippen LogP contribution in [-0.4, -0.2) is 32.6 Å². The van der Waals surface area contributed by atoms with Crippen molar-refractivity contribution in [3.8, 4) is 0 Å². The molecule has 0 saturated heterocycles. The van der Waals surface area contributed by atoms with Crippen molar-refractivity contribution < 1.29 is 9.90 Å². The number of aromatic nitrogens is 2. The monoisotopic (exact) mass is 353 g/mol. The molecule has 4 rings (SSSR count). The summed E-state index contributed by atoms with van der Waals surface area (Å²) in [4.78, 5) is 21.6. The van der Waals surface area contributed by atoms with Crippen molar-refractivity contribution >= 4 is 16.9 Å². The highest BCUT2D eigenvalue weighted by atomic mass is 16.3. The van der Waals surface area contributed by atoms with Gasteiger partial charge in [-0.25, -0.2) is 9.97 Å². The summed E-state index contributed by atoms with van der Waals surface area (Å²) >= 11 is 0. The van der Waals surface area contributed by atoms with E-state index in [1.54, 1.807) is 6.20 Å². The molecule has 2 heterocycles. The Labute approximate surface area is 154 Å². The van der Waals surface area contributed by atoms with Crippen LogP contribution in [0.15, 0.2) is 24.4 Å². The molecule has 0 radical (unpaired) electrons. The third-order valence-electron chi connectivity index (χ3n) is 5.88. The van der Waals surface area contributed by atoms with Crippen LogP contribution < -0.4 is 5.32 Å². The third kappa shape index (κ3) is 3.73. The first-order chi connectivity index (χ1) is 12.4. The summed E-state index contributed by atoms with van der Waals surface area (Å²) in [5.41, 5.74) is 1.79. The van der Waals surface area contributed by atoms with Crippen LogP contribution in [0.3, 0.4) is 0 Å². The Morgan fingerprint density at radius 1 is 1.15 bits per heavy atom. The molecule has 0 aliphatic heterocycles. The smallest absolute Gasteiger partial charge is 0.253 e. The van der Waals surface area contributed by atoms with Crippen molar-refractivity contribution in [2.24, 2.45) is 5.92 Å². The van der Waals surface area contributed by atoms with Gasteiger partial charge in [-0.3, -0.25) is 4.79 Å². The summed E-state index contributed by atoms with van der Waals surface area (Å²) in [6.45, 7) is 3.75. The zero-order valence-corrected chi connectivity index (χ0v) is 15.5. The molecule has 5 nitrogen and oxygen atoms in total. The molecule has 2 fully saturated rings. The summed E-state index contributed by atoms with van der Waals surface area (Å²) in [6.07, 6.45) is 7.77. The molecule has 0 aromatic carbocycles. The van der Waals surface area contributed by atoms with Gasteiger partial charge >= 0.3 is 0 Å². The molecule has 1 amide bonds. The zero-order chi connectivity index (χ0) is 18.3. The summed E-state index contributed by atoms with van der Waals surface area (Å²) in [5.74, 6) is 0.838. The maximum absolute atomic E-state index is 12.6. The Morgan fingerprint density at radius 2 is 1.88 bits per heavy atom. The van der Waals surface area contributed by atoms with E-state index in [0.29, 0.717) is 17.4 Å². The quantitative estimate of drug-likeness (QED) is 0.881. The van der Waals surface area contributed by atoms with Gasteiger partial charge in [-0.1, -0.05) is 0 Å². The lowest BCUT2D eigenvalue weighted by atomic mass is 9.77. The van der Waals surface area contributed by atoms with Crippen LogP contribution in [0.2, 0.25) is 0 Å². The minimum Gasteiger partial charge on any atom is -0.390 e. The van der Waals surface area contributed by atoms with Crippen molar-refractivity contribution in [2.75, 3.05) is 0 Å². The molecule has 26 heavy (non-hydrogen) atoms.